The van der Waals surface area contributed by atoms with Crippen LogP contribution in [0, 0.1) is 15.9 Å². The van der Waals surface area contributed by atoms with Crippen LogP contribution in [0.5, 0.6) is 0 Å². The van der Waals surface area contributed by atoms with E-state index in [1.807, 2.05) is 0 Å². The first-order valence-electron chi connectivity index (χ1n) is 8.85. The van der Waals surface area contributed by atoms with E-state index in [-0.39, 0.29) is 45.8 Å². The highest BCUT2D eigenvalue weighted by Gasteiger charge is 2.38. The number of halogens is 1. The van der Waals surface area contributed by atoms with Crippen molar-refractivity contribution in [2.24, 2.45) is 0 Å². The lowest BCUT2D eigenvalue weighted by molar-refractivity contribution is -0.384. The number of amides is 2. The normalized spacial score (nSPS) is 13.1. The van der Waals surface area contributed by atoms with Gasteiger partial charge in [-0.1, -0.05) is 6.07 Å². The predicted octanol–water partition coefficient (Wildman–Crippen LogP) is 3.92. The number of non-ortho nitro benzene ring substituents is 1. The number of benzene rings is 2. The highest BCUT2D eigenvalue weighted by molar-refractivity contribution is 7.21. The topological polar surface area (TPSA) is 107 Å². The molecule has 1 aliphatic heterocycles. The molecule has 0 unspecified atom stereocenters. The molecule has 0 saturated carbocycles. The Morgan fingerprint density at radius 2 is 1.93 bits per heavy atom. The monoisotopic (exact) mass is 428 g/mol. The number of rotatable bonds is 5. The Kier molecular flexibility index (Phi) is 4.78. The van der Waals surface area contributed by atoms with Crippen molar-refractivity contribution in [1.29, 1.82) is 0 Å². The molecule has 2 aromatic carbocycles. The molecule has 0 atom stereocenters. The first-order valence-corrected chi connectivity index (χ1v) is 9.66. The van der Waals surface area contributed by atoms with E-state index in [2.05, 4.69) is 0 Å². The van der Waals surface area contributed by atoms with Gasteiger partial charge in [0.1, 0.15) is 10.7 Å². The number of carbonyl (C=O) groups is 3. The summed E-state index contributed by atoms with van der Waals surface area (Å²) in [4.78, 5) is 49.3. The summed E-state index contributed by atoms with van der Waals surface area (Å²) in [5.74, 6) is -2.69. The Bertz CT molecular complexity index is 1250. The van der Waals surface area contributed by atoms with Crippen LogP contribution in [0.2, 0.25) is 0 Å². The van der Waals surface area contributed by atoms with E-state index in [9.17, 15) is 28.9 Å². The number of hydrogen-bond acceptors (Lipinski definition) is 7. The number of nitro groups is 1. The molecule has 0 fully saturated rings. The van der Waals surface area contributed by atoms with Gasteiger partial charge in [0.05, 0.1) is 29.2 Å². The van der Waals surface area contributed by atoms with Crippen molar-refractivity contribution in [3.05, 3.63) is 73.9 Å². The number of fused-ring (bicyclic) bond motifs is 2. The van der Waals surface area contributed by atoms with Gasteiger partial charge < -0.3 is 4.74 Å². The number of nitro benzene ring substituents is 1. The summed E-state index contributed by atoms with van der Waals surface area (Å²) in [5.41, 5.74) is -0.248. The molecule has 3 aromatic rings. The summed E-state index contributed by atoms with van der Waals surface area (Å²) < 4.78 is 20.1. The van der Waals surface area contributed by atoms with Crippen LogP contribution < -0.4 is 0 Å². The Hall–Kier alpha value is -3.66. The van der Waals surface area contributed by atoms with Gasteiger partial charge >= 0.3 is 5.97 Å². The minimum atomic E-state index is -0.746. The van der Waals surface area contributed by atoms with Crippen LogP contribution in [0.1, 0.15) is 42.9 Å². The zero-order chi connectivity index (χ0) is 21.6. The molecule has 152 valence electrons. The Balaban J connectivity index is 1.80. The molecule has 0 radical (unpaired) electrons. The van der Waals surface area contributed by atoms with Gasteiger partial charge in [0.25, 0.3) is 17.5 Å². The zero-order valence-electron chi connectivity index (χ0n) is 15.5. The molecular weight excluding hydrogens is 415 g/mol. The third-order valence-electron chi connectivity index (χ3n) is 4.71. The fraction of sp³-hybridized carbons (Fsp3) is 0.150. The van der Waals surface area contributed by atoms with Crippen LogP contribution in [0.15, 0.2) is 36.4 Å². The molecular formula is C20H13FN2O6S. The third kappa shape index (κ3) is 3.01. The third-order valence-corrected chi connectivity index (χ3v) is 5.88. The molecule has 30 heavy (non-hydrogen) atoms. The summed E-state index contributed by atoms with van der Waals surface area (Å²) in [6, 6.07) is 7.73. The second kappa shape index (κ2) is 7.30. The van der Waals surface area contributed by atoms with Gasteiger partial charge in [0, 0.05) is 27.8 Å². The van der Waals surface area contributed by atoms with Crippen LogP contribution >= 0.6 is 11.3 Å². The van der Waals surface area contributed by atoms with Gasteiger partial charge in [0.2, 0.25) is 0 Å². The molecule has 8 nitrogen and oxygen atoms in total. The fourth-order valence-electron chi connectivity index (χ4n) is 3.37. The van der Waals surface area contributed by atoms with Crippen LogP contribution in [0.25, 0.3) is 10.1 Å². The number of thiophene rings is 1. The molecule has 0 spiro atoms. The van der Waals surface area contributed by atoms with Crippen LogP contribution in [-0.2, 0) is 11.3 Å². The molecule has 2 amide bonds. The minimum Gasteiger partial charge on any atom is -0.462 e. The van der Waals surface area contributed by atoms with Gasteiger partial charge in [-0.05, 0) is 25.1 Å². The van der Waals surface area contributed by atoms with Crippen molar-refractivity contribution in [2.75, 3.05) is 6.61 Å². The number of esters is 1. The van der Waals surface area contributed by atoms with Crippen molar-refractivity contribution in [3.8, 4) is 0 Å². The summed E-state index contributed by atoms with van der Waals surface area (Å²) in [7, 11) is 0. The van der Waals surface area contributed by atoms with Crippen molar-refractivity contribution >= 4 is 44.9 Å². The molecule has 10 heteroatoms. The van der Waals surface area contributed by atoms with E-state index in [0.29, 0.717) is 4.70 Å². The standard InChI is InChI=1S/C20H13FN2O6S/c1-2-29-20(26)17-13(16-14(21)4-3-5-15(16)30-17)9-22-18(24)11-7-6-10(23(27)28)8-12(11)19(22)25/h3-8H,2,9H2,1H3. The second-order valence-corrected chi connectivity index (χ2v) is 7.48. The predicted molar refractivity (Wildman–Crippen MR) is 105 cm³/mol. The summed E-state index contributed by atoms with van der Waals surface area (Å²) in [6.45, 7) is 1.36. The van der Waals surface area contributed by atoms with Crippen molar-refractivity contribution < 1.29 is 28.4 Å². The summed E-state index contributed by atoms with van der Waals surface area (Å²) >= 11 is 1.01. The van der Waals surface area contributed by atoms with Crippen molar-refractivity contribution in [2.45, 2.75) is 13.5 Å². The zero-order valence-corrected chi connectivity index (χ0v) is 16.3. The second-order valence-electron chi connectivity index (χ2n) is 6.43. The Morgan fingerprint density at radius 3 is 2.63 bits per heavy atom. The average molecular weight is 428 g/mol. The maximum absolute atomic E-state index is 14.6. The van der Waals surface area contributed by atoms with Crippen molar-refractivity contribution in [1.82, 2.24) is 4.90 Å². The molecule has 1 aliphatic rings. The molecule has 2 heterocycles. The Labute approximate surface area is 172 Å². The van der Waals surface area contributed by atoms with Gasteiger partial charge in [-0.15, -0.1) is 11.3 Å². The van der Waals surface area contributed by atoms with Crippen LogP contribution in [0.3, 0.4) is 0 Å². The highest BCUT2D eigenvalue weighted by Crippen LogP contribution is 2.36. The smallest absolute Gasteiger partial charge is 0.348 e. The lowest BCUT2D eigenvalue weighted by Crippen LogP contribution is -2.29. The van der Waals surface area contributed by atoms with Crippen molar-refractivity contribution in [3.63, 3.8) is 0 Å². The van der Waals surface area contributed by atoms with Crippen LogP contribution in [0.4, 0.5) is 10.1 Å². The SMILES string of the molecule is CCOC(=O)c1sc2cccc(F)c2c1CN1C(=O)c2ccc([N+](=O)[O-])cc2C1=O. The minimum absolute atomic E-state index is 0.0169. The number of ether oxygens (including phenoxy) is 1. The van der Waals surface area contributed by atoms with E-state index in [0.717, 1.165) is 28.4 Å². The maximum Gasteiger partial charge on any atom is 0.348 e. The van der Waals surface area contributed by atoms with E-state index < -0.39 is 28.5 Å². The Morgan fingerprint density at radius 1 is 1.20 bits per heavy atom. The first-order chi connectivity index (χ1) is 14.3. The van der Waals surface area contributed by atoms with Gasteiger partial charge in [-0.25, -0.2) is 9.18 Å². The molecule has 4 rings (SSSR count). The molecule has 0 bridgehead atoms. The van der Waals surface area contributed by atoms with E-state index in [1.165, 1.54) is 18.2 Å². The van der Waals surface area contributed by atoms with Gasteiger partial charge in [-0.3, -0.25) is 24.6 Å². The van der Waals surface area contributed by atoms with Gasteiger partial charge in [-0.2, -0.15) is 0 Å². The molecule has 0 saturated heterocycles. The van der Waals surface area contributed by atoms with E-state index in [4.69, 9.17) is 4.74 Å². The highest BCUT2D eigenvalue weighted by atomic mass is 32.1. The lowest BCUT2D eigenvalue weighted by atomic mass is 10.1. The summed E-state index contributed by atoms with van der Waals surface area (Å²) in [5, 5.41) is 11.1. The van der Waals surface area contributed by atoms with Gasteiger partial charge in [0.15, 0.2) is 0 Å². The van der Waals surface area contributed by atoms with E-state index in [1.54, 1.807) is 13.0 Å². The van der Waals surface area contributed by atoms with E-state index >= 15 is 0 Å². The molecule has 0 N–H and O–H groups in total. The molecule has 0 aliphatic carbocycles. The quantitative estimate of drug-likeness (QED) is 0.264. The molecule has 1 aromatic heterocycles. The van der Waals surface area contributed by atoms with Crippen LogP contribution in [-0.4, -0.2) is 34.2 Å². The number of carbonyl (C=O) groups excluding carboxylic acids is 3. The lowest BCUT2D eigenvalue weighted by Gasteiger charge is -2.15. The number of nitrogens with zero attached hydrogens (tertiary/aromatic N) is 2. The number of imide groups is 1. The fourth-order valence-corrected chi connectivity index (χ4v) is 4.50. The maximum atomic E-state index is 14.6. The largest absolute Gasteiger partial charge is 0.462 e. The number of hydrogen-bond donors (Lipinski definition) is 0. The first kappa shape index (κ1) is 19.6. The summed E-state index contributed by atoms with van der Waals surface area (Å²) in [6.07, 6.45) is 0. The average Bonchev–Trinajstić information content (AvgIpc) is 3.20.